The van der Waals surface area contributed by atoms with Crippen molar-refractivity contribution in [2.75, 3.05) is 20.1 Å². The lowest BCUT2D eigenvalue weighted by Gasteiger charge is -2.40. The number of hydrogen-bond donors (Lipinski definition) is 1. The van der Waals surface area contributed by atoms with Crippen molar-refractivity contribution in [3.05, 3.63) is 68.7 Å². The Kier molecular flexibility index (Phi) is 9.69. The highest BCUT2D eigenvalue weighted by Crippen LogP contribution is 2.37. The monoisotopic (exact) mass is 627 g/mol. The van der Waals surface area contributed by atoms with Gasteiger partial charge in [0.1, 0.15) is 5.60 Å². The molecule has 1 saturated heterocycles. The van der Waals surface area contributed by atoms with Crippen LogP contribution in [0.5, 0.6) is 0 Å². The molecule has 0 aromatic heterocycles. The topological polar surface area (TPSA) is 61.9 Å². The molecule has 2 aromatic rings. The summed E-state index contributed by atoms with van der Waals surface area (Å²) in [5.41, 5.74) is -3.35. The average molecular weight is 628 g/mol. The third-order valence-corrected chi connectivity index (χ3v) is 7.10. The molecule has 1 N–H and O–H groups in total. The van der Waals surface area contributed by atoms with Gasteiger partial charge in [-0.3, -0.25) is 0 Å². The maximum Gasteiger partial charge on any atom is 0.416 e. The number of nitrogens with one attached hydrogen (secondary N) is 1. The second kappa shape index (κ2) is 12.2. The summed E-state index contributed by atoms with van der Waals surface area (Å²) in [6, 6.07) is 4.78. The minimum absolute atomic E-state index is 0.0316. The first-order valence-electron chi connectivity index (χ1n) is 12.5. The summed E-state index contributed by atoms with van der Waals surface area (Å²) in [5.74, 6) is -0.478. The van der Waals surface area contributed by atoms with Crippen molar-refractivity contribution in [3.8, 4) is 0 Å². The molecule has 2 atom stereocenters. The lowest BCUT2D eigenvalue weighted by molar-refractivity contribution is -0.143. The summed E-state index contributed by atoms with van der Waals surface area (Å²) in [6.07, 6.45) is -10.3. The molecule has 0 aliphatic carbocycles. The van der Waals surface area contributed by atoms with E-state index >= 15 is 0 Å². The number of carbonyl (C=O) groups excluding carboxylic acids is 2. The second-order valence-electron chi connectivity index (χ2n) is 10.8. The smallest absolute Gasteiger partial charge is 0.416 e. The van der Waals surface area contributed by atoms with Crippen molar-refractivity contribution in [3.63, 3.8) is 0 Å². The predicted molar refractivity (Wildman–Crippen MR) is 142 cm³/mol. The van der Waals surface area contributed by atoms with Crippen LogP contribution in [0, 0.1) is 0 Å². The molecule has 226 valence electrons. The van der Waals surface area contributed by atoms with Gasteiger partial charge in [-0.05, 0) is 68.7 Å². The number of alkyl halides is 6. The number of likely N-dealkylation sites (tertiary alicyclic amines) is 1. The van der Waals surface area contributed by atoms with E-state index in [2.05, 4.69) is 5.32 Å². The van der Waals surface area contributed by atoms with Crippen LogP contribution < -0.4 is 5.32 Å². The molecule has 2 aromatic carbocycles. The highest BCUT2D eigenvalue weighted by atomic mass is 35.5. The van der Waals surface area contributed by atoms with Gasteiger partial charge >= 0.3 is 24.5 Å². The van der Waals surface area contributed by atoms with Crippen molar-refractivity contribution in [2.24, 2.45) is 0 Å². The van der Waals surface area contributed by atoms with E-state index < -0.39 is 59.7 Å². The quantitative estimate of drug-likeness (QED) is 0.350. The Morgan fingerprint density at radius 2 is 1.56 bits per heavy atom. The molecular formula is C27H29Cl2F6N3O3. The Labute approximate surface area is 243 Å². The third kappa shape index (κ3) is 8.81. The maximum atomic E-state index is 13.3. The van der Waals surface area contributed by atoms with Crippen LogP contribution in [0.4, 0.5) is 35.9 Å². The van der Waals surface area contributed by atoms with Crippen LogP contribution in [0.1, 0.15) is 55.4 Å². The first kappa shape index (κ1) is 32.7. The Hall–Kier alpha value is -2.86. The van der Waals surface area contributed by atoms with Crippen LogP contribution in [-0.2, 0) is 23.6 Å². The van der Waals surface area contributed by atoms with Crippen molar-refractivity contribution in [1.29, 1.82) is 0 Å². The molecule has 1 heterocycles. The van der Waals surface area contributed by atoms with Crippen molar-refractivity contribution >= 4 is 35.3 Å². The van der Waals surface area contributed by atoms with E-state index in [1.54, 1.807) is 39.0 Å². The van der Waals surface area contributed by atoms with Crippen molar-refractivity contribution in [2.45, 2.75) is 63.7 Å². The molecule has 3 amide bonds. The van der Waals surface area contributed by atoms with Gasteiger partial charge in [0.15, 0.2) is 0 Å². The number of nitrogens with zero attached hydrogens (tertiary/aromatic N) is 2. The minimum atomic E-state index is -5.01. The van der Waals surface area contributed by atoms with E-state index in [1.807, 2.05) is 0 Å². The van der Waals surface area contributed by atoms with Gasteiger partial charge in [0.2, 0.25) is 0 Å². The van der Waals surface area contributed by atoms with Crippen molar-refractivity contribution < 1.29 is 40.7 Å². The number of halogens is 8. The maximum absolute atomic E-state index is 13.3. The van der Waals surface area contributed by atoms with Crippen molar-refractivity contribution in [1.82, 2.24) is 15.1 Å². The van der Waals surface area contributed by atoms with E-state index in [9.17, 15) is 35.9 Å². The predicted octanol–water partition coefficient (Wildman–Crippen LogP) is 7.97. The first-order chi connectivity index (χ1) is 18.7. The molecule has 1 aliphatic rings. The zero-order valence-electron chi connectivity index (χ0n) is 22.6. The fourth-order valence-electron chi connectivity index (χ4n) is 4.42. The number of benzene rings is 2. The Morgan fingerprint density at radius 3 is 2.07 bits per heavy atom. The molecule has 14 heteroatoms. The van der Waals surface area contributed by atoms with Crippen LogP contribution in [0.2, 0.25) is 10.0 Å². The number of urea groups is 1. The van der Waals surface area contributed by atoms with E-state index in [0.29, 0.717) is 22.7 Å². The summed E-state index contributed by atoms with van der Waals surface area (Å²) < 4.78 is 85.1. The number of piperidine rings is 1. The number of hydrogen-bond acceptors (Lipinski definition) is 3. The molecule has 41 heavy (non-hydrogen) atoms. The van der Waals surface area contributed by atoms with E-state index in [1.165, 1.54) is 11.9 Å². The molecule has 0 bridgehead atoms. The van der Waals surface area contributed by atoms with Crippen LogP contribution in [-0.4, -0.2) is 53.7 Å². The third-order valence-electron chi connectivity index (χ3n) is 6.36. The highest BCUT2D eigenvalue weighted by Gasteiger charge is 2.38. The largest absolute Gasteiger partial charge is 0.444 e. The van der Waals surface area contributed by atoms with Gasteiger partial charge in [0, 0.05) is 38.6 Å². The van der Waals surface area contributed by atoms with Crippen LogP contribution >= 0.6 is 23.2 Å². The number of carbonyl (C=O) groups is 2. The summed E-state index contributed by atoms with van der Waals surface area (Å²) >= 11 is 12.3. The molecular weight excluding hydrogens is 599 g/mol. The summed E-state index contributed by atoms with van der Waals surface area (Å²) in [6.45, 7) is 5.03. The van der Waals surface area contributed by atoms with E-state index in [-0.39, 0.29) is 36.2 Å². The lowest BCUT2D eigenvalue weighted by atomic mass is 9.86. The molecule has 0 saturated carbocycles. The van der Waals surface area contributed by atoms with Gasteiger partial charge in [0.05, 0.1) is 21.2 Å². The molecule has 0 radical (unpaired) electrons. The van der Waals surface area contributed by atoms with Gasteiger partial charge in [-0.1, -0.05) is 29.3 Å². The lowest BCUT2D eigenvalue weighted by Crippen LogP contribution is -2.53. The average Bonchev–Trinajstić information content (AvgIpc) is 2.83. The standard InChI is InChI=1S/C27H29Cl2F6N3O3/c1-25(2,3)41-24(40)38-8-7-22(19(14-38)16-5-6-20(28)21(29)11-16)36-23(39)37(4)13-15-9-17(26(30,31)32)12-18(10-15)27(33,34)35/h5-6,9-12,19,22H,7-8,13-14H2,1-4H3,(H,36,39)/t19-,22+/m0/s1. The molecule has 0 spiro atoms. The summed E-state index contributed by atoms with van der Waals surface area (Å²) in [4.78, 5) is 28.3. The zero-order chi connectivity index (χ0) is 30.9. The summed E-state index contributed by atoms with van der Waals surface area (Å²) in [7, 11) is 1.26. The minimum Gasteiger partial charge on any atom is -0.444 e. The van der Waals surface area contributed by atoms with Crippen LogP contribution in [0.3, 0.4) is 0 Å². The zero-order valence-corrected chi connectivity index (χ0v) is 24.1. The van der Waals surface area contributed by atoms with E-state index in [4.69, 9.17) is 27.9 Å². The number of ether oxygens (including phenoxy) is 1. The van der Waals surface area contributed by atoms with Gasteiger partial charge in [-0.2, -0.15) is 26.3 Å². The Bertz CT molecular complexity index is 1250. The van der Waals surface area contributed by atoms with Gasteiger partial charge in [-0.25, -0.2) is 9.59 Å². The van der Waals surface area contributed by atoms with Gasteiger partial charge in [-0.15, -0.1) is 0 Å². The highest BCUT2D eigenvalue weighted by molar-refractivity contribution is 6.42. The first-order valence-corrected chi connectivity index (χ1v) is 13.2. The molecule has 6 nitrogen and oxygen atoms in total. The molecule has 1 aliphatic heterocycles. The fraction of sp³-hybridized carbons (Fsp3) is 0.481. The van der Waals surface area contributed by atoms with Gasteiger partial charge in [0.25, 0.3) is 0 Å². The molecule has 3 rings (SSSR count). The van der Waals surface area contributed by atoms with Gasteiger partial charge < -0.3 is 19.9 Å². The Morgan fingerprint density at radius 1 is 0.976 bits per heavy atom. The SMILES string of the molecule is CN(Cc1cc(C(F)(F)F)cc(C(F)(F)F)c1)C(=O)N[C@@H]1CCN(C(=O)OC(C)(C)C)C[C@H]1c1ccc(Cl)c(Cl)c1. The number of rotatable bonds is 4. The number of amides is 3. The van der Waals surface area contributed by atoms with E-state index in [0.717, 1.165) is 4.90 Å². The molecule has 0 unspecified atom stereocenters. The second-order valence-corrected chi connectivity index (χ2v) is 11.6. The molecule has 1 fully saturated rings. The fourth-order valence-corrected chi connectivity index (χ4v) is 4.73. The van der Waals surface area contributed by atoms with Crippen LogP contribution in [0.15, 0.2) is 36.4 Å². The van der Waals surface area contributed by atoms with Crippen LogP contribution in [0.25, 0.3) is 0 Å². The Balaban J connectivity index is 1.82. The normalized spacial score (nSPS) is 18.2. The summed E-state index contributed by atoms with van der Waals surface area (Å²) in [5, 5.41) is 3.36.